The molecule has 8 nitrogen and oxygen atoms in total. The van der Waals surface area contributed by atoms with Crippen LogP contribution in [-0.2, 0) is 11.2 Å². The fourth-order valence-electron chi connectivity index (χ4n) is 3.45. The van der Waals surface area contributed by atoms with Gasteiger partial charge in [0.05, 0.1) is 24.6 Å². The van der Waals surface area contributed by atoms with Crippen molar-refractivity contribution >= 4 is 33.1 Å². The van der Waals surface area contributed by atoms with E-state index < -0.39 is 0 Å². The lowest BCUT2D eigenvalue weighted by molar-refractivity contribution is 0.123. The highest BCUT2D eigenvalue weighted by Gasteiger charge is 2.24. The first-order valence-electron chi connectivity index (χ1n) is 9.26. The minimum absolute atomic E-state index is 0.316. The van der Waals surface area contributed by atoms with Gasteiger partial charge in [-0.2, -0.15) is 8.75 Å². The maximum Gasteiger partial charge on any atom is 0.173 e. The van der Waals surface area contributed by atoms with Crippen LogP contribution in [0, 0.1) is 6.92 Å². The third kappa shape index (κ3) is 3.98. The van der Waals surface area contributed by atoms with E-state index in [0.29, 0.717) is 30.4 Å². The molecule has 0 spiro atoms. The second-order valence-corrected chi connectivity index (χ2v) is 8.39. The first-order valence-corrected chi connectivity index (χ1v) is 10.8. The predicted molar refractivity (Wildman–Crippen MR) is 108 cm³/mol. The number of aryl methyl sites for hydroxylation is 1. The zero-order valence-corrected chi connectivity index (χ0v) is 17.1. The van der Waals surface area contributed by atoms with Crippen LogP contribution in [0.25, 0.3) is 0 Å². The Hall–Kier alpha value is -1.62. The Morgan fingerprint density at radius 3 is 2.19 bits per heavy atom. The summed E-state index contributed by atoms with van der Waals surface area (Å²) in [4.78, 5) is 6.74. The quantitative estimate of drug-likeness (QED) is 0.766. The van der Waals surface area contributed by atoms with Crippen molar-refractivity contribution in [2.75, 3.05) is 68.8 Å². The Bertz CT molecular complexity index is 767. The number of piperazine rings is 1. The van der Waals surface area contributed by atoms with Crippen molar-refractivity contribution in [3.8, 4) is 11.5 Å². The van der Waals surface area contributed by atoms with Crippen LogP contribution in [0.5, 0.6) is 11.5 Å². The second kappa shape index (κ2) is 8.17. The third-order valence-corrected chi connectivity index (χ3v) is 7.08. The zero-order valence-electron chi connectivity index (χ0n) is 15.4. The molecule has 0 atom stereocenters. The lowest BCUT2D eigenvalue weighted by Gasteiger charge is -2.35. The molecule has 4 heterocycles. The molecule has 0 unspecified atom stereocenters. The molecule has 10 heteroatoms. The number of morpholine rings is 1. The average molecular weight is 412 g/mol. The van der Waals surface area contributed by atoms with Crippen LogP contribution in [0.2, 0.25) is 0 Å². The highest BCUT2D eigenvalue weighted by Crippen LogP contribution is 2.37. The summed E-state index contributed by atoms with van der Waals surface area (Å²) >= 11 is 2.75. The Kier molecular flexibility index (Phi) is 5.67. The number of aromatic nitrogens is 2. The van der Waals surface area contributed by atoms with E-state index in [-0.39, 0.29) is 0 Å². The van der Waals surface area contributed by atoms with Crippen molar-refractivity contribution < 1.29 is 14.9 Å². The minimum atomic E-state index is 0.316. The molecule has 148 valence electrons. The van der Waals surface area contributed by atoms with Crippen LogP contribution in [0.1, 0.15) is 11.4 Å². The first-order chi connectivity index (χ1) is 13.1. The van der Waals surface area contributed by atoms with E-state index in [0.717, 1.165) is 67.9 Å². The monoisotopic (exact) mass is 411 g/mol. The summed E-state index contributed by atoms with van der Waals surface area (Å²) in [6.07, 6.45) is 0.748. The van der Waals surface area contributed by atoms with Gasteiger partial charge in [-0.1, -0.05) is 0 Å². The van der Waals surface area contributed by atoms with E-state index in [4.69, 9.17) is 4.74 Å². The van der Waals surface area contributed by atoms with E-state index in [1.165, 1.54) is 23.1 Å². The lowest BCUT2D eigenvalue weighted by atomic mass is 10.2. The summed E-state index contributed by atoms with van der Waals surface area (Å²) < 4.78 is 14.1. The number of ether oxygens (including phenoxy) is 1. The normalized spacial score (nSPS) is 19.0. The standard InChI is InChI=1S/C17H25N5O3S2/c1-12-14(23)16(26-18-12)21-6-4-20(5-7-21)3-2-13-15(24)17(27-19-13)22-8-10-25-11-9-22/h23-24H,2-11H2,1H3. The number of nitrogens with zero attached hydrogens (tertiary/aromatic N) is 5. The highest BCUT2D eigenvalue weighted by atomic mass is 32.1. The van der Waals surface area contributed by atoms with Gasteiger partial charge in [0.2, 0.25) is 0 Å². The minimum Gasteiger partial charge on any atom is -0.503 e. The van der Waals surface area contributed by atoms with E-state index in [1.54, 1.807) is 0 Å². The largest absolute Gasteiger partial charge is 0.503 e. The molecule has 2 aromatic rings. The summed E-state index contributed by atoms with van der Waals surface area (Å²) in [5, 5.41) is 22.4. The van der Waals surface area contributed by atoms with Gasteiger partial charge in [-0.3, -0.25) is 4.90 Å². The number of aromatic hydroxyl groups is 2. The van der Waals surface area contributed by atoms with Crippen molar-refractivity contribution in [3.05, 3.63) is 11.4 Å². The van der Waals surface area contributed by atoms with Gasteiger partial charge in [-0.05, 0) is 30.0 Å². The van der Waals surface area contributed by atoms with Crippen molar-refractivity contribution in [3.63, 3.8) is 0 Å². The molecular formula is C17H25N5O3S2. The summed E-state index contributed by atoms with van der Waals surface area (Å²) in [7, 11) is 0. The molecule has 0 saturated carbocycles. The Labute approximate surface area is 166 Å². The fourth-order valence-corrected chi connectivity index (χ4v) is 5.16. The van der Waals surface area contributed by atoms with Crippen LogP contribution < -0.4 is 9.80 Å². The van der Waals surface area contributed by atoms with Gasteiger partial charge in [0.1, 0.15) is 0 Å². The summed E-state index contributed by atoms with van der Waals surface area (Å²) in [5.41, 5.74) is 1.49. The van der Waals surface area contributed by atoms with Gasteiger partial charge in [0.15, 0.2) is 21.5 Å². The molecule has 2 saturated heterocycles. The second-order valence-electron chi connectivity index (χ2n) is 6.88. The fraction of sp³-hybridized carbons (Fsp3) is 0.647. The number of hydrogen-bond acceptors (Lipinski definition) is 10. The number of rotatable bonds is 5. The molecule has 0 radical (unpaired) electrons. The Morgan fingerprint density at radius 1 is 0.889 bits per heavy atom. The van der Waals surface area contributed by atoms with Gasteiger partial charge >= 0.3 is 0 Å². The van der Waals surface area contributed by atoms with E-state index in [1.807, 2.05) is 6.92 Å². The van der Waals surface area contributed by atoms with Crippen LogP contribution >= 0.6 is 23.1 Å². The summed E-state index contributed by atoms with van der Waals surface area (Å²) in [5.74, 6) is 0.655. The summed E-state index contributed by atoms with van der Waals surface area (Å²) in [6, 6.07) is 0. The van der Waals surface area contributed by atoms with Crippen molar-refractivity contribution in [2.24, 2.45) is 0 Å². The van der Waals surface area contributed by atoms with Gasteiger partial charge in [0.25, 0.3) is 0 Å². The van der Waals surface area contributed by atoms with Gasteiger partial charge in [-0.15, -0.1) is 0 Å². The molecule has 4 rings (SSSR count). The molecule has 0 amide bonds. The smallest absolute Gasteiger partial charge is 0.173 e. The van der Waals surface area contributed by atoms with Gasteiger partial charge in [0, 0.05) is 52.2 Å². The van der Waals surface area contributed by atoms with Crippen molar-refractivity contribution in [1.82, 2.24) is 13.6 Å². The predicted octanol–water partition coefficient (Wildman–Crippen LogP) is 1.52. The van der Waals surface area contributed by atoms with Crippen LogP contribution in [0.4, 0.5) is 10.0 Å². The van der Waals surface area contributed by atoms with Crippen LogP contribution in [0.15, 0.2) is 0 Å². The SMILES string of the molecule is Cc1nsc(N2CCN(CCc3nsc(N4CCOCC4)c3O)CC2)c1O. The molecule has 2 N–H and O–H groups in total. The highest BCUT2D eigenvalue weighted by molar-refractivity contribution is 7.11. The van der Waals surface area contributed by atoms with Crippen molar-refractivity contribution in [2.45, 2.75) is 13.3 Å². The molecule has 0 bridgehead atoms. The molecule has 27 heavy (non-hydrogen) atoms. The zero-order chi connectivity index (χ0) is 18.8. The molecule has 0 aromatic carbocycles. The van der Waals surface area contributed by atoms with E-state index in [2.05, 4.69) is 23.4 Å². The molecule has 2 fully saturated rings. The van der Waals surface area contributed by atoms with Crippen LogP contribution in [-0.4, -0.2) is 82.9 Å². The third-order valence-electron chi connectivity index (χ3n) is 5.16. The van der Waals surface area contributed by atoms with Gasteiger partial charge in [-0.25, -0.2) is 0 Å². The number of anilines is 2. The Balaban J connectivity index is 1.29. The Morgan fingerprint density at radius 2 is 1.52 bits per heavy atom. The van der Waals surface area contributed by atoms with Gasteiger partial charge < -0.3 is 24.7 Å². The average Bonchev–Trinajstić information content (AvgIpc) is 3.24. The maximum absolute atomic E-state index is 10.5. The van der Waals surface area contributed by atoms with Crippen LogP contribution in [0.3, 0.4) is 0 Å². The maximum atomic E-state index is 10.5. The molecule has 2 aromatic heterocycles. The molecular weight excluding hydrogens is 386 g/mol. The van der Waals surface area contributed by atoms with Crippen molar-refractivity contribution in [1.29, 1.82) is 0 Å². The first kappa shape index (κ1) is 18.7. The lowest BCUT2D eigenvalue weighted by Crippen LogP contribution is -2.46. The summed E-state index contributed by atoms with van der Waals surface area (Å²) in [6.45, 7) is 9.32. The molecule has 2 aliphatic rings. The molecule has 2 aliphatic heterocycles. The van der Waals surface area contributed by atoms with E-state index >= 15 is 0 Å². The topological polar surface area (TPSA) is 85.2 Å². The van der Waals surface area contributed by atoms with E-state index in [9.17, 15) is 10.2 Å². The number of hydrogen-bond donors (Lipinski definition) is 2. The molecule has 0 aliphatic carbocycles.